The lowest BCUT2D eigenvalue weighted by molar-refractivity contribution is 1.18. The third kappa shape index (κ3) is 5.42. The minimum Gasteiger partial charge on any atom is -0.308 e. The second kappa shape index (κ2) is 13.3. The van der Waals surface area contributed by atoms with Crippen molar-refractivity contribution in [1.29, 1.82) is 0 Å². The van der Waals surface area contributed by atoms with Crippen LogP contribution in [0, 0.1) is 0 Å². The summed E-state index contributed by atoms with van der Waals surface area (Å²) >= 11 is 1.89. The zero-order chi connectivity index (χ0) is 37.0. The van der Waals surface area contributed by atoms with Crippen LogP contribution in [0.25, 0.3) is 104 Å². The molecule has 0 aliphatic rings. The van der Waals surface area contributed by atoms with E-state index in [4.69, 9.17) is 9.97 Å². The molecule has 0 spiro atoms. The van der Waals surface area contributed by atoms with E-state index in [-0.39, 0.29) is 0 Å². The van der Waals surface area contributed by atoms with Gasteiger partial charge < -0.3 is 4.57 Å². The molecule has 262 valence electrons. The van der Waals surface area contributed by atoms with Gasteiger partial charge in [0.25, 0.3) is 0 Å². The molecule has 3 heterocycles. The van der Waals surface area contributed by atoms with Gasteiger partial charge in [0, 0.05) is 48.6 Å². The van der Waals surface area contributed by atoms with Gasteiger partial charge in [0.2, 0.25) is 0 Å². The van der Waals surface area contributed by atoms with E-state index in [1.807, 2.05) is 17.4 Å². The summed E-state index contributed by atoms with van der Waals surface area (Å²) in [5.41, 5.74) is 13.2. The van der Waals surface area contributed by atoms with E-state index in [9.17, 15) is 0 Å². The molecule has 0 unspecified atom stereocenters. The van der Waals surface area contributed by atoms with Crippen molar-refractivity contribution in [3.63, 3.8) is 0 Å². The number of hydrogen-bond acceptors (Lipinski definition) is 3. The van der Waals surface area contributed by atoms with Crippen molar-refractivity contribution < 1.29 is 0 Å². The molecule has 8 aromatic carbocycles. The molecular formula is C52H33N3S. The van der Waals surface area contributed by atoms with Gasteiger partial charge in [0.05, 0.1) is 27.1 Å². The van der Waals surface area contributed by atoms with E-state index in [1.54, 1.807) is 0 Å². The maximum Gasteiger partial charge on any atom is 0.160 e. The van der Waals surface area contributed by atoms with Gasteiger partial charge in [0.15, 0.2) is 5.82 Å². The maximum atomic E-state index is 5.25. The molecule has 0 aliphatic carbocycles. The maximum absolute atomic E-state index is 5.25. The summed E-state index contributed by atoms with van der Waals surface area (Å²) in [6.07, 6.45) is 0. The Balaban J connectivity index is 1.08. The third-order valence-electron chi connectivity index (χ3n) is 10.8. The summed E-state index contributed by atoms with van der Waals surface area (Å²) in [6, 6.07) is 71.2. The highest BCUT2D eigenvalue weighted by Gasteiger charge is 2.19. The largest absolute Gasteiger partial charge is 0.308 e. The smallest absolute Gasteiger partial charge is 0.160 e. The van der Waals surface area contributed by atoms with Crippen LogP contribution in [0.15, 0.2) is 200 Å². The fraction of sp³-hybridized carbons (Fsp3) is 0. The number of para-hydroxylation sites is 2. The predicted octanol–water partition coefficient (Wildman–Crippen LogP) is 14.3. The van der Waals surface area contributed by atoms with Crippen LogP contribution in [0.2, 0.25) is 0 Å². The zero-order valence-corrected chi connectivity index (χ0v) is 31.1. The summed E-state index contributed by atoms with van der Waals surface area (Å²) in [5.74, 6) is 0.700. The summed E-state index contributed by atoms with van der Waals surface area (Å²) in [5, 5.41) is 5.08. The van der Waals surface area contributed by atoms with E-state index < -0.39 is 0 Å². The third-order valence-corrected chi connectivity index (χ3v) is 12.1. The van der Waals surface area contributed by atoms with E-state index in [0.717, 1.165) is 39.2 Å². The number of aromatic nitrogens is 3. The lowest BCUT2D eigenvalue weighted by atomic mass is 9.99. The van der Waals surface area contributed by atoms with E-state index >= 15 is 0 Å². The van der Waals surface area contributed by atoms with Gasteiger partial charge in [-0.3, -0.25) is 0 Å². The molecule has 0 atom stereocenters. The number of nitrogens with zero attached hydrogens (tertiary/aromatic N) is 3. The van der Waals surface area contributed by atoms with Gasteiger partial charge in [-0.2, -0.15) is 0 Å². The van der Waals surface area contributed by atoms with Gasteiger partial charge in [-0.25, -0.2) is 9.97 Å². The molecule has 0 aliphatic heterocycles. The van der Waals surface area contributed by atoms with Gasteiger partial charge in [0.1, 0.15) is 0 Å². The Bertz CT molecular complexity index is 3240. The monoisotopic (exact) mass is 731 g/mol. The Kier molecular flexibility index (Phi) is 7.68. The minimum absolute atomic E-state index is 0.700. The quantitative estimate of drug-likeness (QED) is 0.170. The number of fused-ring (bicyclic) bond motifs is 7. The van der Waals surface area contributed by atoms with Crippen LogP contribution in [0.3, 0.4) is 0 Å². The molecule has 4 heteroatoms. The summed E-state index contributed by atoms with van der Waals surface area (Å²) in [4.78, 5) is 10.4. The number of benzene rings is 8. The first-order valence-corrected chi connectivity index (χ1v) is 19.7. The van der Waals surface area contributed by atoms with Crippen LogP contribution < -0.4 is 0 Å². The van der Waals surface area contributed by atoms with Gasteiger partial charge in [-0.1, -0.05) is 164 Å². The van der Waals surface area contributed by atoms with Gasteiger partial charge in [-0.05, 0) is 58.7 Å². The first-order valence-electron chi connectivity index (χ1n) is 18.9. The highest BCUT2D eigenvalue weighted by Crippen LogP contribution is 2.46. The van der Waals surface area contributed by atoms with Crippen molar-refractivity contribution in [3.05, 3.63) is 200 Å². The second-order valence-corrected chi connectivity index (χ2v) is 15.2. The molecule has 0 radical (unpaired) electrons. The van der Waals surface area contributed by atoms with Crippen LogP contribution in [0.5, 0.6) is 0 Å². The van der Waals surface area contributed by atoms with Crippen LogP contribution in [-0.2, 0) is 0 Å². The van der Waals surface area contributed by atoms with Gasteiger partial charge >= 0.3 is 0 Å². The molecule has 0 saturated heterocycles. The topological polar surface area (TPSA) is 30.7 Å². The fourth-order valence-corrected chi connectivity index (χ4v) is 9.55. The molecule has 0 amide bonds. The van der Waals surface area contributed by atoms with Crippen LogP contribution >= 0.6 is 11.3 Å². The summed E-state index contributed by atoms with van der Waals surface area (Å²) < 4.78 is 5.00. The molecular weight excluding hydrogens is 699 g/mol. The van der Waals surface area contributed by atoms with Crippen molar-refractivity contribution in [1.82, 2.24) is 14.5 Å². The molecule has 11 aromatic rings. The van der Waals surface area contributed by atoms with E-state index in [2.05, 4.69) is 199 Å². The first kappa shape index (κ1) is 32.3. The van der Waals surface area contributed by atoms with E-state index in [0.29, 0.717) is 5.82 Å². The first-order chi connectivity index (χ1) is 27.8. The molecule has 0 N–H and O–H groups in total. The van der Waals surface area contributed by atoms with Crippen molar-refractivity contribution >= 4 is 53.3 Å². The normalized spacial score (nSPS) is 11.6. The Morgan fingerprint density at radius 3 is 1.71 bits per heavy atom. The molecule has 0 saturated carbocycles. The average Bonchev–Trinajstić information content (AvgIpc) is 3.83. The molecule has 3 aromatic heterocycles. The molecule has 0 bridgehead atoms. The Morgan fingerprint density at radius 2 is 0.911 bits per heavy atom. The molecule has 56 heavy (non-hydrogen) atoms. The standard InChI is InChI=1S/C52H33N3S/c1-4-15-34(16-5-1)36-19-12-21-38(31-36)47-33-46(35-17-6-2-7-18-35)53-52(54-47)39-22-13-20-37(32-39)41-26-14-27-44-45-30-29-43-42-25-10-11-28-48(42)55(40-23-8-3-9-24-40)49(43)51(45)56-50(41)44/h1-33H. The van der Waals surface area contributed by atoms with Crippen molar-refractivity contribution in [2.45, 2.75) is 0 Å². The molecule has 11 rings (SSSR count). The number of hydrogen-bond donors (Lipinski definition) is 0. The fourth-order valence-electron chi connectivity index (χ4n) is 8.17. The second-order valence-electron chi connectivity index (χ2n) is 14.2. The molecule has 3 nitrogen and oxygen atoms in total. The van der Waals surface area contributed by atoms with Crippen LogP contribution in [0.1, 0.15) is 0 Å². The predicted molar refractivity (Wildman–Crippen MR) is 236 cm³/mol. The highest BCUT2D eigenvalue weighted by molar-refractivity contribution is 7.27. The lowest BCUT2D eigenvalue weighted by Gasteiger charge is -2.12. The van der Waals surface area contributed by atoms with Crippen molar-refractivity contribution in [2.24, 2.45) is 0 Å². The van der Waals surface area contributed by atoms with E-state index in [1.165, 1.54) is 58.8 Å². The average molecular weight is 732 g/mol. The Morgan fingerprint density at radius 1 is 0.357 bits per heavy atom. The number of thiophene rings is 1. The Hall–Kier alpha value is -7.14. The molecule has 0 fully saturated rings. The summed E-state index contributed by atoms with van der Waals surface area (Å²) in [6.45, 7) is 0. The van der Waals surface area contributed by atoms with Crippen molar-refractivity contribution in [3.8, 4) is 61.8 Å². The van der Waals surface area contributed by atoms with Crippen LogP contribution in [0.4, 0.5) is 0 Å². The lowest BCUT2D eigenvalue weighted by Crippen LogP contribution is -1.96. The summed E-state index contributed by atoms with van der Waals surface area (Å²) in [7, 11) is 0. The van der Waals surface area contributed by atoms with Crippen LogP contribution in [-0.4, -0.2) is 14.5 Å². The van der Waals surface area contributed by atoms with Crippen molar-refractivity contribution in [2.75, 3.05) is 0 Å². The minimum atomic E-state index is 0.700. The Labute approximate surface area is 328 Å². The highest BCUT2D eigenvalue weighted by atomic mass is 32.1. The SMILES string of the molecule is c1ccc(-c2cccc(-c3cc(-c4ccccc4)nc(-c4cccc(-c5cccc6c5sc5c6ccc6c7ccccc7n(-c7ccccc7)c65)c4)n3)c2)cc1. The zero-order valence-electron chi connectivity index (χ0n) is 30.3. The van der Waals surface area contributed by atoms with Gasteiger partial charge in [-0.15, -0.1) is 11.3 Å². The number of rotatable bonds is 6.